The lowest BCUT2D eigenvalue weighted by atomic mass is 9.98. The number of sulfonamides is 1. The van der Waals surface area contributed by atoms with Crippen molar-refractivity contribution in [2.75, 3.05) is 26.8 Å². The van der Waals surface area contributed by atoms with Crippen molar-refractivity contribution in [2.24, 2.45) is 5.92 Å². The molecule has 0 saturated carbocycles. The van der Waals surface area contributed by atoms with Crippen LogP contribution in [0.5, 0.6) is 11.5 Å². The van der Waals surface area contributed by atoms with Crippen LogP contribution in [0.3, 0.4) is 0 Å². The van der Waals surface area contributed by atoms with Crippen LogP contribution in [0.2, 0.25) is 0 Å². The van der Waals surface area contributed by atoms with Crippen LogP contribution in [-0.4, -0.2) is 45.5 Å². The van der Waals surface area contributed by atoms with E-state index in [1.54, 1.807) is 18.2 Å². The Morgan fingerprint density at radius 2 is 1.81 bits per heavy atom. The van der Waals surface area contributed by atoms with E-state index in [0.29, 0.717) is 30.8 Å². The number of esters is 1. The van der Waals surface area contributed by atoms with E-state index in [1.807, 2.05) is 6.92 Å². The molecule has 9 heteroatoms. The summed E-state index contributed by atoms with van der Waals surface area (Å²) >= 11 is 0. The molecule has 0 unspecified atom stereocenters. The van der Waals surface area contributed by atoms with Crippen molar-refractivity contribution in [3.63, 3.8) is 0 Å². The lowest BCUT2D eigenvalue weighted by Crippen LogP contribution is -2.40. The lowest BCUT2D eigenvalue weighted by Gasteiger charge is -2.30. The van der Waals surface area contributed by atoms with Crippen LogP contribution in [0.4, 0.5) is 4.39 Å². The van der Waals surface area contributed by atoms with E-state index >= 15 is 0 Å². The summed E-state index contributed by atoms with van der Waals surface area (Å²) in [7, 11) is -2.26. The van der Waals surface area contributed by atoms with Crippen LogP contribution < -0.4 is 9.47 Å². The van der Waals surface area contributed by atoms with Crippen LogP contribution in [0.15, 0.2) is 47.4 Å². The topological polar surface area (TPSA) is 82.1 Å². The van der Waals surface area contributed by atoms with Crippen molar-refractivity contribution in [2.45, 2.75) is 31.3 Å². The molecule has 3 rings (SSSR count). The van der Waals surface area contributed by atoms with Gasteiger partial charge in [-0.1, -0.05) is 6.07 Å². The number of halogens is 1. The van der Waals surface area contributed by atoms with Crippen LogP contribution in [0.1, 0.15) is 25.3 Å². The number of methoxy groups -OCH3 is 1. The summed E-state index contributed by atoms with van der Waals surface area (Å²) in [5.74, 6) is -0.594. The molecule has 0 bridgehead atoms. The standard InChI is InChI=1S/C22H26FNO6S/c1-3-29-18-5-7-19(8-6-18)31(26,27)24-12-10-17(11-13-24)22(25)30-15-16-4-9-21(28-2)20(23)14-16/h4-9,14,17H,3,10-13,15H2,1-2H3. The van der Waals surface area contributed by atoms with Gasteiger partial charge in [0.1, 0.15) is 12.4 Å². The summed E-state index contributed by atoms with van der Waals surface area (Å²) in [4.78, 5) is 12.6. The van der Waals surface area contributed by atoms with Gasteiger partial charge in [-0.2, -0.15) is 4.31 Å². The minimum atomic E-state index is -3.64. The molecule has 0 N–H and O–H groups in total. The van der Waals surface area contributed by atoms with E-state index in [-0.39, 0.29) is 30.3 Å². The third-order valence-electron chi connectivity index (χ3n) is 5.16. The van der Waals surface area contributed by atoms with Crippen molar-refractivity contribution < 1.29 is 31.8 Å². The second-order valence-corrected chi connectivity index (χ2v) is 9.10. The van der Waals surface area contributed by atoms with Crippen molar-refractivity contribution in [3.05, 3.63) is 53.8 Å². The van der Waals surface area contributed by atoms with Crippen LogP contribution in [-0.2, 0) is 26.2 Å². The first-order chi connectivity index (χ1) is 14.8. The number of ether oxygens (including phenoxy) is 3. The Morgan fingerprint density at radius 3 is 2.39 bits per heavy atom. The van der Waals surface area contributed by atoms with Crippen LogP contribution >= 0.6 is 0 Å². The Morgan fingerprint density at radius 1 is 1.13 bits per heavy atom. The molecule has 1 fully saturated rings. The number of hydrogen-bond donors (Lipinski definition) is 0. The fourth-order valence-electron chi connectivity index (χ4n) is 3.43. The molecule has 1 aliphatic heterocycles. The van der Waals surface area contributed by atoms with Gasteiger partial charge in [0.25, 0.3) is 0 Å². The van der Waals surface area contributed by atoms with Gasteiger partial charge >= 0.3 is 5.97 Å². The van der Waals surface area contributed by atoms with Gasteiger partial charge in [-0.25, -0.2) is 12.8 Å². The lowest BCUT2D eigenvalue weighted by molar-refractivity contribution is -0.151. The van der Waals surface area contributed by atoms with Gasteiger partial charge in [0.15, 0.2) is 11.6 Å². The van der Waals surface area contributed by atoms with Crippen LogP contribution in [0.25, 0.3) is 0 Å². The van der Waals surface area contributed by atoms with E-state index in [1.165, 1.54) is 35.7 Å². The van der Waals surface area contributed by atoms with E-state index in [9.17, 15) is 17.6 Å². The summed E-state index contributed by atoms with van der Waals surface area (Å²) in [6, 6.07) is 10.7. The molecule has 2 aromatic carbocycles. The molecular formula is C22H26FNO6S. The SMILES string of the molecule is CCOc1ccc(S(=O)(=O)N2CCC(C(=O)OCc3ccc(OC)c(F)c3)CC2)cc1. The number of benzene rings is 2. The quantitative estimate of drug-likeness (QED) is 0.573. The molecule has 0 radical (unpaired) electrons. The van der Waals surface area contributed by atoms with Crippen molar-refractivity contribution >= 4 is 16.0 Å². The van der Waals surface area contributed by atoms with E-state index in [0.717, 1.165) is 0 Å². The van der Waals surface area contributed by atoms with Gasteiger partial charge in [0.05, 0.1) is 24.5 Å². The number of carbonyl (C=O) groups is 1. The number of carbonyl (C=O) groups excluding carboxylic acids is 1. The second-order valence-electron chi connectivity index (χ2n) is 7.16. The van der Waals surface area contributed by atoms with E-state index in [4.69, 9.17) is 14.2 Å². The summed E-state index contributed by atoms with van der Waals surface area (Å²) in [5.41, 5.74) is 0.516. The predicted molar refractivity (Wildman–Crippen MR) is 112 cm³/mol. The number of rotatable bonds is 8. The van der Waals surface area contributed by atoms with E-state index in [2.05, 4.69) is 0 Å². The maximum Gasteiger partial charge on any atom is 0.309 e. The third kappa shape index (κ3) is 5.54. The zero-order valence-electron chi connectivity index (χ0n) is 17.5. The molecule has 0 aromatic heterocycles. The maximum absolute atomic E-state index is 13.7. The van der Waals surface area contributed by atoms with Gasteiger partial charge in [0.2, 0.25) is 10.0 Å². The fourth-order valence-corrected chi connectivity index (χ4v) is 4.90. The normalized spacial score (nSPS) is 15.5. The summed E-state index contributed by atoms with van der Waals surface area (Å²) in [6.45, 7) is 2.77. The highest BCUT2D eigenvalue weighted by Gasteiger charge is 2.32. The highest BCUT2D eigenvalue weighted by molar-refractivity contribution is 7.89. The summed E-state index contributed by atoms with van der Waals surface area (Å²) in [5, 5.41) is 0. The van der Waals surface area contributed by atoms with E-state index < -0.39 is 27.7 Å². The van der Waals surface area contributed by atoms with Crippen molar-refractivity contribution in [1.82, 2.24) is 4.31 Å². The van der Waals surface area contributed by atoms with Gasteiger partial charge in [-0.3, -0.25) is 4.79 Å². The first-order valence-electron chi connectivity index (χ1n) is 10.1. The molecule has 1 heterocycles. The molecule has 1 saturated heterocycles. The Kier molecular flexibility index (Phi) is 7.50. The average Bonchev–Trinajstić information content (AvgIpc) is 2.78. The number of hydrogen-bond acceptors (Lipinski definition) is 6. The van der Waals surface area contributed by atoms with Crippen molar-refractivity contribution in [1.29, 1.82) is 0 Å². The highest BCUT2D eigenvalue weighted by Crippen LogP contribution is 2.26. The van der Waals surface area contributed by atoms with Gasteiger partial charge in [-0.05, 0) is 61.7 Å². The van der Waals surface area contributed by atoms with Gasteiger partial charge < -0.3 is 14.2 Å². The maximum atomic E-state index is 13.7. The monoisotopic (exact) mass is 451 g/mol. The average molecular weight is 452 g/mol. The molecule has 31 heavy (non-hydrogen) atoms. The Labute approximate surface area is 181 Å². The third-order valence-corrected chi connectivity index (χ3v) is 7.07. The predicted octanol–water partition coefficient (Wildman–Crippen LogP) is 3.38. The Hall–Kier alpha value is -2.65. The molecule has 168 valence electrons. The molecule has 0 spiro atoms. The largest absolute Gasteiger partial charge is 0.494 e. The first kappa shape index (κ1) is 23.0. The molecule has 0 amide bonds. The van der Waals surface area contributed by atoms with Gasteiger partial charge in [0, 0.05) is 13.1 Å². The Bertz CT molecular complexity index is 1000. The highest BCUT2D eigenvalue weighted by atomic mass is 32.2. The zero-order valence-corrected chi connectivity index (χ0v) is 18.4. The minimum Gasteiger partial charge on any atom is -0.494 e. The molecule has 0 aliphatic carbocycles. The number of nitrogens with zero attached hydrogens (tertiary/aromatic N) is 1. The smallest absolute Gasteiger partial charge is 0.309 e. The van der Waals surface area contributed by atoms with Gasteiger partial charge in [-0.15, -0.1) is 0 Å². The fraction of sp³-hybridized carbons (Fsp3) is 0.409. The summed E-state index contributed by atoms with van der Waals surface area (Å²) < 4.78 is 56.4. The Balaban J connectivity index is 1.53. The molecule has 7 nitrogen and oxygen atoms in total. The minimum absolute atomic E-state index is 0.0512. The molecule has 2 aromatic rings. The molecule has 0 atom stereocenters. The molecular weight excluding hydrogens is 425 g/mol. The molecule has 1 aliphatic rings. The first-order valence-corrected chi connectivity index (χ1v) is 11.5. The number of piperidine rings is 1. The van der Waals surface area contributed by atoms with Crippen LogP contribution in [0, 0.1) is 11.7 Å². The zero-order chi connectivity index (χ0) is 22.4. The second kappa shape index (κ2) is 10.1. The van der Waals surface area contributed by atoms with Crippen molar-refractivity contribution in [3.8, 4) is 11.5 Å². The summed E-state index contributed by atoms with van der Waals surface area (Å²) in [6.07, 6.45) is 0.734.